The zero-order valence-corrected chi connectivity index (χ0v) is 92.7. The summed E-state index contributed by atoms with van der Waals surface area (Å²) in [7, 11) is 0. The SMILES string of the molecule is CC(C)CCCCCCCCCCCCCCC(=O)O.CC(C)CCCCCCCCCCCCCCC(=O)O.CC(C)CCCCCCCCCCCCCCC(=O)O.CC(C)CCCCCCCCCCCCCCC(=O)O.CC(C)CCCCCCCCCCCCCCC(=O)O.CC(C)CCCCCCCCCCCCCCC(=O)O.OCC(CO)(CO)COCC(CO)(CO)CO. The lowest BCUT2D eigenvalue weighted by Crippen LogP contribution is -2.43. The summed E-state index contributed by atoms with van der Waals surface area (Å²) >= 11 is 0. The van der Waals surface area contributed by atoms with Gasteiger partial charge in [0.25, 0.3) is 0 Å². The van der Waals surface area contributed by atoms with Crippen LogP contribution in [0.3, 0.4) is 0 Å². The van der Waals surface area contributed by atoms with E-state index < -0.39 is 86.3 Å². The Kier molecular flexibility index (Phi) is 130. The molecule has 19 heteroatoms. The molecule has 0 heterocycles. The van der Waals surface area contributed by atoms with E-state index in [4.69, 9.17) is 66.0 Å². The molecule has 0 radical (unpaired) electrons. The summed E-state index contributed by atoms with van der Waals surface area (Å²) in [5.41, 5.74) is -2.32. The van der Waals surface area contributed by atoms with Crippen LogP contribution in [0.25, 0.3) is 0 Å². The average molecular weight is 1960 g/mol. The van der Waals surface area contributed by atoms with Crippen molar-refractivity contribution in [2.24, 2.45) is 46.3 Å². The number of carboxylic acid groups (broad SMARTS) is 6. The number of aliphatic hydroxyl groups is 6. The molecule has 0 spiro atoms. The molecule has 0 rings (SSSR count). The number of aliphatic hydroxyl groups excluding tert-OH is 6. The first-order chi connectivity index (χ1) is 65.8. The van der Waals surface area contributed by atoms with Crippen LogP contribution < -0.4 is 0 Å². The third kappa shape index (κ3) is 146. The summed E-state index contributed by atoms with van der Waals surface area (Å²) in [6.45, 7) is 24.7. The third-order valence-corrected chi connectivity index (χ3v) is 26.4. The molecule has 0 bridgehead atoms. The van der Waals surface area contributed by atoms with E-state index in [9.17, 15) is 28.8 Å². The molecule has 0 saturated carbocycles. The van der Waals surface area contributed by atoms with Gasteiger partial charge in [0.15, 0.2) is 0 Å². The van der Waals surface area contributed by atoms with Crippen LogP contribution in [-0.2, 0) is 33.5 Å². The quantitative estimate of drug-likeness (QED) is 0.0252. The van der Waals surface area contributed by atoms with E-state index in [1.807, 2.05) is 0 Å². The van der Waals surface area contributed by atoms with Crippen molar-refractivity contribution in [1.29, 1.82) is 0 Å². The zero-order chi connectivity index (χ0) is 104. The second kappa shape index (κ2) is 121. The van der Waals surface area contributed by atoms with Gasteiger partial charge in [0.2, 0.25) is 0 Å². The maximum atomic E-state index is 10.3. The van der Waals surface area contributed by atoms with Crippen molar-refractivity contribution in [3.63, 3.8) is 0 Å². The van der Waals surface area contributed by atoms with Crippen LogP contribution in [0.1, 0.15) is 622 Å². The van der Waals surface area contributed by atoms with Crippen LogP contribution in [-0.4, -0.2) is 150 Å². The van der Waals surface area contributed by atoms with Crippen molar-refractivity contribution in [2.75, 3.05) is 52.9 Å². The van der Waals surface area contributed by atoms with Crippen molar-refractivity contribution in [2.45, 2.75) is 622 Å². The summed E-state index contributed by atoms with van der Waals surface area (Å²) in [5.74, 6) is 1.27. The van der Waals surface area contributed by atoms with Gasteiger partial charge in [0, 0.05) is 38.5 Å². The van der Waals surface area contributed by atoms with Crippen molar-refractivity contribution >= 4 is 35.8 Å². The van der Waals surface area contributed by atoms with Crippen molar-refractivity contribution < 1.29 is 94.8 Å². The Morgan fingerprint density at radius 3 is 0.307 bits per heavy atom. The lowest BCUT2D eigenvalue weighted by atomic mass is 9.91. The molecule has 0 aliphatic heterocycles. The van der Waals surface area contributed by atoms with Crippen LogP contribution in [0.4, 0.5) is 0 Å². The topological polar surface area (TPSA) is 354 Å². The molecular weight excluding hydrogens is 1720 g/mol. The Bertz CT molecular complexity index is 1960. The Hall–Kier alpha value is -3.46. The standard InChI is InChI=1S/6C18H36O2.C10H22O7/c6*1-17(2)15-13-11-9-7-5-3-4-6-8-10-12-14-16-18(19)20;11-1-9(2-12,3-13)7-17-8-10(4-14,5-15)6-16/h6*17H,3-16H2,1-2H3,(H,19,20);11-16H,1-8H2. The van der Waals surface area contributed by atoms with Crippen LogP contribution in [0.15, 0.2) is 0 Å². The van der Waals surface area contributed by atoms with Gasteiger partial charge in [-0.3, -0.25) is 28.8 Å². The maximum Gasteiger partial charge on any atom is 0.303 e. The number of aliphatic carboxylic acids is 6. The number of rotatable bonds is 100. The van der Waals surface area contributed by atoms with Crippen molar-refractivity contribution in [3.05, 3.63) is 0 Å². The van der Waals surface area contributed by atoms with Crippen LogP contribution >= 0.6 is 0 Å². The van der Waals surface area contributed by atoms with Gasteiger partial charge >= 0.3 is 35.8 Å². The van der Waals surface area contributed by atoms with E-state index in [0.717, 1.165) is 113 Å². The molecule has 0 atom stereocenters. The summed E-state index contributed by atoms with van der Waals surface area (Å²) in [4.78, 5) is 62.0. The summed E-state index contributed by atoms with van der Waals surface area (Å²) in [6, 6.07) is 0. The molecule has 0 saturated heterocycles. The first-order valence-electron chi connectivity index (χ1n) is 58.4. The van der Waals surface area contributed by atoms with Gasteiger partial charge in [0.05, 0.1) is 63.7 Å². The van der Waals surface area contributed by atoms with Crippen molar-refractivity contribution in [1.82, 2.24) is 0 Å². The van der Waals surface area contributed by atoms with E-state index in [1.165, 1.54) is 424 Å². The fourth-order valence-corrected chi connectivity index (χ4v) is 16.6. The molecule has 0 aromatic heterocycles. The first kappa shape index (κ1) is 147. The highest BCUT2D eigenvalue weighted by Crippen LogP contribution is 2.25. The van der Waals surface area contributed by atoms with E-state index in [-0.39, 0.29) is 13.2 Å². The Labute approximate surface area is 847 Å². The van der Waals surface area contributed by atoms with Gasteiger partial charge in [0.1, 0.15) is 0 Å². The maximum absolute atomic E-state index is 10.3. The van der Waals surface area contributed by atoms with Crippen LogP contribution in [0.5, 0.6) is 0 Å². The Morgan fingerprint density at radius 1 is 0.153 bits per heavy atom. The molecule has 0 amide bonds. The monoisotopic (exact) mass is 1960 g/mol. The fourth-order valence-electron chi connectivity index (χ4n) is 16.6. The van der Waals surface area contributed by atoms with Crippen molar-refractivity contribution in [3.8, 4) is 0 Å². The van der Waals surface area contributed by atoms with Crippen LogP contribution in [0.2, 0.25) is 0 Å². The minimum Gasteiger partial charge on any atom is -0.481 e. The number of carboxylic acids is 6. The zero-order valence-electron chi connectivity index (χ0n) is 92.7. The van der Waals surface area contributed by atoms with Crippen LogP contribution in [0, 0.1) is 46.3 Å². The highest BCUT2D eigenvalue weighted by atomic mass is 16.5. The van der Waals surface area contributed by atoms with Gasteiger partial charge in [-0.25, -0.2) is 0 Å². The molecule has 0 aliphatic rings. The minimum absolute atomic E-state index is 0.141. The lowest BCUT2D eigenvalue weighted by Gasteiger charge is -2.31. The van der Waals surface area contributed by atoms with E-state index in [2.05, 4.69) is 83.1 Å². The Balaban J connectivity index is -0.000000288. The highest BCUT2D eigenvalue weighted by Gasteiger charge is 2.33. The van der Waals surface area contributed by atoms with E-state index in [0.29, 0.717) is 38.5 Å². The van der Waals surface area contributed by atoms with Gasteiger partial charge in [-0.2, -0.15) is 0 Å². The molecule has 0 aromatic carbocycles. The molecule has 19 nitrogen and oxygen atoms in total. The first-order valence-corrected chi connectivity index (χ1v) is 58.4. The van der Waals surface area contributed by atoms with Gasteiger partial charge in [-0.05, 0) is 74.0 Å². The molecule has 824 valence electrons. The number of carbonyl (C=O) groups is 6. The molecule has 0 aromatic rings. The summed E-state index contributed by atoms with van der Waals surface area (Å²) in [6.07, 6.45) is 104. The van der Waals surface area contributed by atoms with E-state index in [1.54, 1.807) is 0 Å². The molecule has 0 fully saturated rings. The highest BCUT2D eigenvalue weighted by molar-refractivity contribution is 5.68. The fraction of sp³-hybridized carbons (Fsp3) is 0.949. The molecule has 137 heavy (non-hydrogen) atoms. The normalized spacial score (nSPS) is 11.4. The third-order valence-electron chi connectivity index (χ3n) is 26.4. The number of hydrogen-bond donors (Lipinski definition) is 12. The number of ether oxygens (including phenoxy) is 1. The predicted molar refractivity (Wildman–Crippen MR) is 581 cm³/mol. The largest absolute Gasteiger partial charge is 0.481 e. The molecule has 0 unspecified atom stereocenters. The van der Waals surface area contributed by atoms with Gasteiger partial charge < -0.3 is 66.0 Å². The van der Waals surface area contributed by atoms with Gasteiger partial charge in [-0.15, -0.1) is 0 Å². The molecule has 12 N–H and O–H groups in total. The minimum atomic E-state index is -1.16. The lowest BCUT2D eigenvalue weighted by molar-refractivity contribution is -0.138. The average Bonchev–Trinajstić information content (AvgIpc) is 0.871. The smallest absolute Gasteiger partial charge is 0.303 e. The molecule has 0 aliphatic carbocycles. The second-order valence-electron chi connectivity index (χ2n) is 43.9. The second-order valence-corrected chi connectivity index (χ2v) is 43.9. The summed E-state index contributed by atoms with van der Waals surface area (Å²) < 4.78 is 5.15. The summed E-state index contributed by atoms with van der Waals surface area (Å²) in [5, 5.41) is 105. The number of hydrogen-bond acceptors (Lipinski definition) is 13. The molecular formula is C118H238O19. The number of unbranched alkanes of at least 4 members (excludes halogenated alkanes) is 66. The van der Waals surface area contributed by atoms with E-state index >= 15 is 0 Å². The Morgan fingerprint density at radius 2 is 0.234 bits per heavy atom. The van der Waals surface area contributed by atoms with Gasteiger partial charge in [-0.1, -0.05) is 545 Å². The predicted octanol–water partition coefficient (Wildman–Crippen LogP) is 34.1.